The van der Waals surface area contributed by atoms with Crippen LogP contribution in [-0.2, 0) is 6.42 Å². The van der Waals surface area contributed by atoms with Crippen LogP contribution in [0.4, 0.5) is 0 Å². The summed E-state index contributed by atoms with van der Waals surface area (Å²) in [6, 6.07) is 15.3. The van der Waals surface area contributed by atoms with Crippen LogP contribution in [0, 0.1) is 6.92 Å². The lowest BCUT2D eigenvalue weighted by Gasteiger charge is -2.15. The van der Waals surface area contributed by atoms with Gasteiger partial charge in [0, 0.05) is 6.04 Å². The maximum atomic E-state index is 12.2. The van der Waals surface area contributed by atoms with Crippen molar-refractivity contribution in [2.24, 2.45) is 0 Å². The number of carbonyl (C=O) groups excluding carboxylic acids is 1. The zero-order chi connectivity index (χ0) is 15.2. The lowest BCUT2D eigenvalue weighted by molar-refractivity contribution is 0.0935. The number of benzene rings is 2. The summed E-state index contributed by atoms with van der Waals surface area (Å²) in [5.41, 5.74) is 2.55. The Balaban J connectivity index is 1.91. The number of rotatable bonds is 5. The van der Waals surface area contributed by atoms with Crippen molar-refractivity contribution in [3.63, 3.8) is 0 Å². The molecule has 3 heteroatoms. The topological polar surface area (TPSA) is 49.3 Å². The molecule has 0 spiro atoms. The third kappa shape index (κ3) is 4.35. The van der Waals surface area contributed by atoms with Gasteiger partial charge in [-0.2, -0.15) is 0 Å². The Bertz CT molecular complexity index is 608. The summed E-state index contributed by atoms with van der Waals surface area (Å²) < 4.78 is 0. The number of aromatic hydroxyl groups is 1. The summed E-state index contributed by atoms with van der Waals surface area (Å²) in [6.07, 6.45) is 1.78. The normalized spacial score (nSPS) is 11.9. The minimum Gasteiger partial charge on any atom is -0.507 e. The second kappa shape index (κ2) is 6.93. The summed E-state index contributed by atoms with van der Waals surface area (Å²) in [7, 11) is 0. The van der Waals surface area contributed by atoms with Gasteiger partial charge in [-0.05, 0) is 44.4 Å². The monoisotopic (exact) mass is 283 g/mol. The molecule has 0 bridgehead atoms. The van der Waals surface area contributed by atoms with E-state index in [1.165, 1.54) is 5.56 Å². The van der Waals surface area contributed by atoms with Gasteiger partial charge in [0.25, 0.3) is 5.91 Å². The molecule has 0 aliphatic heterocycles. The first-order valence-electron chi connectivity index (χ1n) is 7.20. The average molecular weight is 283 g/mol. The van der Waals surface area contributed by atoms with E-state index < -0.39 is 0 Å². The van der Waals surface area contributed by atoms with Crippen molar-refractivity contribution < 1.29 is 9.90 Å². The summed E-state index contributed by atoms with van der Waals surface area (Å²) in [5.74, 6) is -0.204. The van der Waals surface area contributed by atoms with Gasteiger partial charge < -0.3 is 10.4 Å². The van der Waals surface area contributed by atoms with Crippen molar-refractivity contribution in [1.82, 2.24) is 5.32 Å². The van der Waals surface area contributed by atoms with Gasteiger partial charge in [0.2, 0.25) is 0 Å². The fourth-order valence-electron chi connectivity index (χ4n) is 2.23. The van der Waals surface area contributed by atoms with Gasteiger partial charge in [0.05, 0.1) is 5.56 Å². The predicted octanol–water partition coefficient (Wildman–Crippen LogP) is 3.45. The SMILES string of the molecule is Cc1ccc(O)c(C(=O)N[C@H](C)CCc2ccccc2)c1. The van der Waals surface area contributed by atoms with E-state index in [0.717, 1.165) is 18.4 Å². The molecule has 0 aromatic heterocycles. The van der Waals surface area contributed by atoms with Gasteiger partial charge in [0.15, 0.2) is 0 Å². The van der Waals surface area contributed by atoms with Crippen molar-refractivity contribution >= 4 is 5.91 Å². The van der Waals surface area contributed by atoms with Crippen molar-refractivity contribution in [3.8, 4) is 5.75 Å². The molecule has 0 unspecified atom stereocenters. The van der Waals surface area contributed by atoms with Crippen LogP contribution in [0.3, 0.4) is 0 Å². The molecule has 0 heterocycles. The molecule has 1 atom stereocenters. The molecular weight excluding hydrogens is 262 g/mol. The van der Waals surface area contributed by atoms with Crippen LogP contribution >= 0.6 is 0 Å². The van der Waals surface area contributed by atoms with E-state index >= 15 is 0 Å². The number of aryl methyl sites for hydroxylation is 2. The molecule has 0 aliphatic carbocycles. The second-order valence-corrected chi connectivity index (χ2v) is 5.42. The first-order chi connectivity index (χ1) is 10.1. The van der Waals surface area contributed by atoms with Gasteiger partial charge in [-0.3, -0.25) is 4.79 Å². The smallest absolute Gasteiger partial charge is 0.255 e. The number of hydrogen-bond acceptors (Lipinski definition) is 2. The zero-order valence-corrected chi connectivity index (χ0v) is 12.5. The molecule has 0 fully saturated rings. The van der Waals surface area contributed by atoms with Crippen LogP contribution in [0.1, 0.15) is 34.8 Å². The van der Waals surface area contributed by atoms with Crippen LogP contribution in [0.15, 0.2) is 48.5 Å². The van der Waals surface area contributed by atoms with Crippen LogP contribution in [-0.4, -0.2) is 17.1 Å². The number of hydrogen-bond donors (Lipinski definition) is 2. The Hall–Kier alpha value is -2.29. The number of carbonyl (C=O) groups is 1. The van der Waals surface area contributed by atoms with Crippen LogP contribution in [0.2, 0.25) is 0 Å². The molecule has 0 aliphatic rings. The van der Waals surface area contributed by atoms with Crippen LogP contribution in [0.25, 0.3) is 0 Å². The third-order valence-corrected chi connectivity index (χ3v) is 3.48. The van der Waals surface area contributed by atoms with Gasteiger partial charge in [-0.15, -0.1) is 0 Å². The summed E-state index contributed by atoms with van der Waals surface area (Å²) in [4.78, 5) is 12.2. The molecule has 2 aromatic rings. The first-order valence-corrected chi connectivity index (χ1v) is 7.20. The molecule has 110 valence electrons. The highest BCUT2D eigenvalue weighted by Gasteiger charge is 2.13. The minimum absolute atomic E-state index is 0.0216. The average Bonchev–Trinajstić information content (AvgIpc) is 2.48. The maximum Gasteiger partial charge on any atom is 0.255 e. The van der Waals surface area contributed by atoms with Gasteiger partial charge in [-0.1, -0.05) is 42.0 Å². The Kier molecular flexibility index (Phi) is 4.99. The Labute approximate surface area is 125 Å². The van der Waals surface area contributed by atoms with E-state index in [0.29, 0.717) is 5.56 Å². The molecule has 0 saturated carbocycles. The molecule has 0 saturated heterocycles. The van der Waals surface area contributed by atoms with Gasteiger partial charge in [-0.25, -0.2) is 0 Å². The van der Waals surface area contributed by atoms with Crippen molar-refractivity contribution in [2.45, 2.75) is 32.7 Å². The van der Waals surface area contributed by atoms with E-state index in [1.807, 2.05) is 32.0 Å². The maximum absolute atomic E-state index is 12.2. The van der Waals surface area contributed by atoms with Crippen LogP contribution < -0.4 is 5.32 Å². The highest BCUT2D eigenvalue weighted by atomic mass is 16.3. The van der Waals surface area contributed by atoms with Crippen molar-refractivity contribution in [3.05, 3.63) is 65.2 Å². The Morgan fingerprint density at radius 3 is 2.62 bits per heavy atom. The van der Waals surface area contributed by atoms with Gasteiger partial charge in [0.1, 0.15) is 5.75 Å². The number of amides is 1. The number of phenolic OH excluding ortho intramolecular Hbond substituents is 1. The fourth-order valence-corrected chi connectivity index (χ4v) is 2.23. The minimum atomic E-state index is -0.225. The molecule has 0 radical (unpaired) electrons. The largest absolute Gasteiger partial charge is 0.507 e. The molecule has 3 nitrogen and oxygen atoms in total. The summed E-state index contributed by atoms with van der Waals surface area (Å²) >= 11 is 0. The number of phenols is 1. The molecule has 2 N–H and O–H groups in total. The highest BCUT2D eigenvalue weighted by Crippen LogP contribution is 2.18. The first kappa shape index (κ1) is 15.1. The standard InChI is InChI=1S/C18H21NO2/c1-13-8-11-17(20)16(12-13)18(21)19-14(2)9-10-15-6-4-3-5-7-15/h3-8,11-12,14,20H,9-10H2,1-2H3,(H,19,21)/t14-/m1/s1. The van der Waals surface area contributed by atoms with E-state index in [2.05, 4.69) is 17.4 Å². The summed E-state index contributed by atoms with van der Waals surface area (Å²) in [6.45, 7) is 3.88. The molecule has 2 aromatic carbocycles. The van der Waals surface area contributed by atoms with Crippen LogP contribution in [0.5, 0.6) is 5.75 Å². The quantitative estimate of drug-likeness (QED) is 0.883. The van der Waals surface area contributed by atoms with Gasteiger partial charge >= 0.3 is 0 Å². The van der Waals surface area contributed by atoms with E-state index in [1.54, 1.807) is 18.2 Å². The lowest BCUT2D eigenvalue weighted by atomic mass is 10.1. The Morgan fingerprint density at radius 1 is 1.19 bits per heavy atom. The summed E-state index contributed by atoms with van der Waals surface area (Å²) in [5, 5.41) is 12.7. The number of nitrogens with one attached hydrogen (secondary N) is 1. The fraction of sp³-hybridized carbons (Fsp3) is 0.278. The van der Waals surface area contributed by atoms with Crippen molar-refractivity contribution in [2.75, 3.05) is 0 Å². The second-order valence-electron chi connectivity index (χ2n) is 5.42. The van der Waals surface area contributed by atoms with Crippen molar-refractivity contribution in [1.29, 1.82) is 0 Å². The molecular formula is C18H21NO2. The van der Waals surface area contributed by atoms with E-state index in [9.17, 15) is 9.90 Å². The molecule has 1 amide bonds. The predicted molar refractivity (Wildman–Crippen MR) is 84.5 cm³/mol. The highest BCUT2D eigenvalue weighted by molar-refractivity contribution is 5.97. The van der Waals surface area contributed by atoms with E-state index in [4.69, 9.17) is 0 Å². The zero-order valence-electron chi connectivity index (χ0n) is 12.5. The molecule has 21 heavy (non-hydrogen) atoms. The lowest BCUT2D eigenvalue weighted by Crippen LogP contribution is -2.33. The molecule has 2 rings (SSSR count). The van der Waals surface area contributed by atoms with E-state index in [-0.39, 0.29) is 17.7 Å². The Morgan fingerprint density at radius 2 is 1.90 bits per heavy atom. The third-order valence-electron chi connectivity index (χ3n) is 3.48.